The van der Waals surface area contributed by atoms with Gasteiger partial charge < -0.3 is 15.3 Å². The van der Waals surface area contributed by atoms with Crippen LogP contribution in [0.4, 0.5) is 5.69 Å². The van der Waals surface area contributed by atoms with Crippen LogP contribution in [-0.4, -0.2) is 52.6 Å². The molecule has 0 spiro atoms. The van der Waals surface area contributed by atoms with Crippen molar-refractivity contribution in [1.82, 2.24) is 14.7 Å². The van der Waals surface area contributed by atoms with Crippen LogP contribution in [0.15, 0.2) is 11.0 Å². The van der Waals surface area contributed by atoms with Crippen LogP contribution < -0.4 is 10.9 Å². The Morgan fingerprint density at radius 1 is 1.63 bits per heavy atom. The highest BCUT2D eigenvalue weighted by Gasteiger charge is 2.21. The summed E-state index contributed by atoms with van der Waals surface area (Å²) in [6.07, 6.45) is 3.89. The van der Waals surface area contributed by atoms with Gasteiger partial charge in [0, 0.05) is 12.6 Å². The number of nitrogens with zero attached hydrogens (tertiary/aromatic N) is 3. The predicted octanol–water partition coefficient (Wildman–Crippen LogP) is 0.395. The van der Waals surface area contributed by atoms with Gasteiger partial charge in [-0.1, -0.05) is 11.6 Å². The third-order valence-electron chi connectivity index (χ3n) is 3.50. The molecule has 2 rings (SSSR count). The van der Waals surface area contributed by atoms with Crippen LogP contribution in [0.2, 0.25) is 5.02 Å². The fraction of sp³-hybridized carbons (Fsp3) is 0.667. The fourth-order valence-electron chi connectivity index (χ4n) is 2.31. The molecule has 1 unspecified atom stereocenters. The van der Waals surface area contributed by atoms with E-state index in [9.17, 15) is 4.79 Å². The zero-order valence-corrected chi connectivity index (χ0v) is 11.7. The maximum absolute atomic E-state index is 11.8. The molecule has 1 saturated heterocycles. The molecule has 1 atom stereocenters. The van der Waals surface area contributed by atoms with E-state index < -0.39 is 0 Å². The molecule has 0 aromatic carbocycles. The first-order chi connectivity index (χ1) is 9.13. The van der Waals surface area contributed by atoms with Gasteiger partial charge in [-0.05, 0) is 26.4 Å². The van der Waals surface area contributed by atoms with Crippen LogP contribution in [0.25, 0.3) is 0 Å². The van der Waals surface area contributed by atoms with Gasteiger partial charge in [-0.15, -0.1) is 0 Å². The van der Waals surface area contributed by atoms with Gasteiger partial charge in [-0.2, -0.15) is 5.10 Å². The molecule has 1 aromatic heterocycles. The largest absolute Gasteiger partial charge is 0.394 e. The zero-order chi connectivity index (χ0) is 13.8. The summed E-state index contributed by atoms with van der Waals surface area (Å²) in [4.78, 5) is 14.1. The maximum Gasteiger partial charge on any atom is 0.287 e. The molecule has 0 radical (unpaired) electrons. The van der Waals surface area contributed by atoms with Crippen LogP contribution in [-0.2, 0) is 6.54 Å². The number of halogens is 1. The van der Waals surface area contributed by atoms with Crippen molar-refractivity contribution < 1.29 is 5.11 Å². The second kappa shape index (κ2) is 6.36. The molecular weight excluding hydrogens is 268 g/mol. The molecule has 106 valence electrons. The Hall–Kier alpha value is -1.11. The molecule has 2 heterocycles. The third-order valence-corrected chi connectivity index (χ3v) is 3.86. The topological polar surface area (TPSA) is 70.4 Å². The number of aromatic nitrogens is 2. The van der Waals surface area contributed by atoms with Crippen molar-refractivity contribution in [2.75, 3.05) is 32.1 Å². The van der Waals surface area contributed by atoms with E-state index in [0.29, 0.717) is 11.7 Å². The Morgan fingerprint density at radius 2 is 2.42 bits per heavy atom. The minimum absolute atomic E-state index is 0.129. The van der Waals surface area contributed by atoms with Gasteiger partial charge in [0.15, 0.2) is 0 Å². The summed E-state index contributed by atoms with van der Waals surface area (Å²) in [7, 11) is 2.10. The van der Waals surface area contributed by atoms with Gasteiger partial charge >= 0.3 is 0 Å². The highest BCUT2D eigenvalue weighted by atomic mass is 35.5. The molecule has 1 aromatic rings. The standard InChI is InChI=1S/C12H19ClN4O2/c1-16-4-2-3-9(16)7-14-10-8-15-17(5-6-18)12(19)11(10)13/h8-9,14,18H,2-7H2,1H3. The van der Waals surface area contributed by atoms with Crippen molar-refractivity contribution in [2.45, 2.75) is 25.4 Å². The Bertz CT molecular complexity index is 491. The normalized spacial score (nSPS) is 19.8. The van der Waals surface area contributed by atoms with Crippen LogP contribution >= 0.6 is 11.6 Å². The smallest absolute Gasteiger partial charge is 0.287 e. The molecule has 19 heavy (non-hydrogen) atoms. The van der Waals surface area contributed by atoms with Crippen LogP contribution in [0.3, 0.4) is 0 Å². The Kier molecular flexibility index (Phi) is 4.79. The maximum atomic E-state index is 11.8. The van der Waals surface area contributed by atoms with Gasteiger partial charge in [-0.3, -0.25) is 4.79 Å². The second-order valence-corrected chi connectivity index (χ2v) is 5.16. The lowest BCUT2D eigenvalue weighted by molar-refractivity contribution is 0.266. The lowest BCUT2D eigenvalue weighted by atomic mass is 10.2. The first-order valence-corrected chi connectivity index (χ1v) is 6.82. The summed E-state index contributed by atoms with van der Waals surface area (Å²) in [5, 5.41) is 16.1. The molecule has 2 N–H and O–H groups in total. The third kappa shape index (κ3) is 3.26. The lowest BCUT2D eigenvalue weighted by Gasteiger charge is -2.20. The van der Waals surface area contributed by atoms with E-state index >= 15 is 0 Å². The fourth-order valence-corrected chi connectivity index (χ4v) is 2.52. The highest BCUT2D eigenvalue weighted by molar-refractivity contribution is 6.32. The van der Waals surface area contributed by atoms with E-state index in [0.717, 1.165) is 24.2 Å². The van der Waals surface area contributed by atoms with Gasteiger partial charge in [0.25, 0.3) is 5.56 Å². The van der Waals surface area contributed by atoms with Crippen LogP contribution in [0, 0.1) is 0 Å². The molecule has 0 aliphatic carbocycles. The van der Waals surface area contributed by atoms with Gasteiger partial charge in [0.1, 0.15) is 5.02 Å². The Balaban J connectivity index is 2.04. The minimum atomic E-state index is -0.375. The monoisotopic (exact) mass is 286 g/mol. The van der Waals surface area contributed by atoms with E-state index in [1.54, 1.807) is 0 Å². The van der Waals surface area contributed by atoms with E-state index in [2.05, 4.69) is 22.4 Å². The van der Waals surface area contributed by atoms with Gasteiger partial charge in [0.2, 0.25) is 0 Å². The lowest BCUT2D eigenvalue weighted by Crippen LogP contribution is -2.32. The molecule has 1 aliphatic rings. The van der Waals surface area contributed by atoms with Crippen LogP contribution in [0.1, 0.15) is 12.8 Å². The number of hydrogen-bond acceptors (Lipinski definition) is 5. The van der Waals surface area contributed by atoms with E-state index in [1.165, 1.54) is 12.6 Å². The summed E-state index contributed by atoms with van der Waals surface area (Å²) in [6.45, 7) is 1.88. The molecular formula is C12H19ClN4O2. The number of aliphatic hydroxyl groups is 1. The molecule has 0 saturated carbocycles. The first kappa shape index (κ1) is 14.3. The summed E-state index contributed by atoms with van der Waals surface area (Å²) < 4.78 is 1.16. The highest BCUT2D eigenvalue weighted by Crippen LogP contribution is 2.18. The molecule has 0 bridgehead atoms. The van der Waals surface area contributed by atoms with E-state index in [4.69, 9.17) is 16.7 Å². The average molecular weight is 287 g/mol. The van der Waals surface area contributed by atoms with Gasteiger partial charge in [0.05, 0.1) is 25.0 Å². The number of likely N-dealkylation sites (N-methyl/N-ethyl adjacent to an activating group) is 1. The Morgan fingerprint density at radius 3 is 3.05 bits per heavy atom. The number of nitrogens with one attached hydrogen (secondary N) is 1. The number of rotatable bonds is 5. The SMILES string of the molecule is CN1CCCC1CNc1cnn(CCO)c(=O)c1Cl. The minimum Gasteiger partial charge on any atom is -0.394 e. The van der Waals surface area contributed by atoms with Crippen molar-refractivity contribution >= 4 is 17.3 Å². The van der Waals surface area contributed by atoms with Crippen molar-refractivity contribution in [2.24, 2.45) is 0 Å². The van der Waals surface area contributed by atoms with Crippen molar-refractivity contribution in [3.05, 3.63) is 21.6 Å². The summed E-state index contributed by atoms with van der Waals surface area (Å²) in [6, 6.07) is 0.468. The molecule has 6 nitrogen and oxygen atoms in total. The number of likely N-dealkylation sites (tertiary alicyclic amines) is 1. The van der Waals surface area contributed by atoms with Gasteiger partial charge in [-0.25, -0.2) is 4.68 Å². The van der Waals surface area contributed by atoms with E-state index in [-0.39, 0.29) is 23.7 Å². The molecule has 1 aliphatic heterocycles. The summed E-state index contributed by atoms with van der Waals surface area (Å²) in [5.41, 5.74) is 0.182. The van der Waals surface area contributed by atoms with Crippen LogP contribution in [0.5, 0.6) is 0 Å². The predicted molar refractivity (Wildman–Crippen MR) is 74.7 cm³/mol. The van der Waals surface area contributed by atoms with Crippen molar-refractivity contribution in [3.8, 4) is 0 Å². The first-order valence-electron chi connectivity index (χ1n) is 6.44. The second-order valence-electron chi connectivity index (χ2n) is 4.78. The number of aliphatic hydroxyl groups excluding tert-OH is 1. The summed E-state index contributed by atoms with van der Waals surface area (Å²) >= 11 is 6.02. The molecule has 7 heteroatoms. The zero-order valence-electron chi connectivity index (χ0n) is 11.0. The molecule has 1 fully saturated rings. The molecule has 0 amide bonds. The van der Waals surface area contributed by atoms with E-state index in [1.807, 2.05) is 0 Å². The Labute approximate surface area is 117 Å². The quantitative estimate of drug-likeness (QED) is 0.820. The van der Waals surface area contributed by atoms with Crippen molar-refractivity contribution in [1.29, 1.82) is 0 Å². The number of anilines is 1. The average Bonchev–Trinajstić information content (AvgIpc) is 2.80. The van der Waals surface area contributed by atoms with Crippen molar-refractivity contribution in [3.63, 3.8) is 0 Å². The summed E-state index contributed by atoms with van der Waals surface area (Å²) in [5.74, 6) is 0. The number of hydrogen-bond donors (Lipinski definition) is 2.